The van der Waals surface area contributed by atoms with Gasteiger partial charge in [-0.1, -0.05) is 5.16 Å². The minimum atomic E-state index is -0.979. The molecule has 0 aliphatic carbocycles. The summed E-state index contributed by atoms with van der Waals surface area (Å²) in [5.74, 6) is -0.212. The van der Waals surface area contributed by atoms with Gasteiger partial charge >= 0.3 is 5.97 Å². The normalized spacial score (nSPS) is 17.0. The van der Waals surface area contributed by atoms with Crippen LogP contribution in [0.3, 0.4) is 0 Å². The molecule has 1 amide bonds. The topological polar surface area (TPSA) is 115 Å². The Labute approximate surface area is 143 Å². The van der Waals surface area contributed by atoms with Crippen molar-refractivity contribution in [3.05, 3.63) is 24.1 Å². The first-order valence-corrected chi connectivity index (χ1v) is 7.57. The number of ether oxygens (including phenoxy) is 2. The Bertz CT molecular complexity index is 803. The third-order valence-corrected chi connectivity index (χ3v) is 4.00. The van der Waals surface area contributed by atoms with E-state index in [1.807, 2.05) is 0 Å². The van der Waals surface area contributed by atoms with Gasteiger partial charge in [0.15, 0.2) is 11.5 Å². The van der Waals surface area contributed by atoms with Gasteiger partial charge in [-0.25, -0.2) is 0 Å². The molecule has 0 saturated carbocycles. The van der Waals surface area contributed by atoms with Gasteiger partial charge in [0.05, 0.1) is 20.1 Å². The number of methoxy groups -OCH3 is 2. The number of hydrogen-bond acceptors (Lipinski definition) is 7. The molecule has 0 bridgehead atoms. The van der Waals surface area contributed by atoms with E-state index in [0.29, 0.717) is 22.9 Å². The van der Waals surface area contributed by atoms with Crippen LogP contribution in [0.1, 0.15) is 12.3 Å². The van der Waals surface area contributed by atoms with Crippen LogP contribution in [0.5, 0.6) is 11.5 Å². The Morgan fingerprint density at radius 3 is 2.76 bits per heavy atom. The highest BCUT2D eigenvalue weighted by molar-refractivity contribution is 5.86. The molecule has 0 radical (unpaired) electrons. The molecular weight excluding hydrogens is 330 g/mol. The summed E-state index contributed by atoms with van der Waals surface area (Å²) in [5.41, 5.74) is 0.670. The van der Waals surface area contributed by atoms with Crippen LogP contribution in [-0.2, 0) is 16.1 Å². The van der Waals surface area contributed by atoms with Crippen molar-refractivity contribution in [1.29, 1.82) is 0 Å². The molecule has 9 heteroatoms. The predicted molar refractivity (Wildman–Crippen MR) is 84.0 cm³/mol. The summed E-state index contributed by atoms with van der Waals surface area (Å²) in [6.07, 6.45) is -0.00793. The molecule has 132 valence electrons. The van der Waals surface area contributed by atoms with Crippen molar-refractivity contribution in [2.45, 2.75) is 13.0 Å². The minimum Gasteiger partial charge on any atom is -0.493 e. The molecular formula is C16H17N3O6. The van der Waals surface area contributed by atoms with Gasteiger partial charge in [-0.3, -0.25) is 9.59 Å². The van der Waals surface area contributed by atoms with Crippen molar-refractivity contribution in [3.63, 3.8) is 0 Å². The van der Waals surface area contributed by atoms with Crippen LogP contribution in [0.25, 0.3) is 11.4 Å². The fraction of sp³-hybridized carbons (Fsp3) is 0.375. The molecule has 1 saturated heterocycles. The zero-order chi connectivity index (χ0) is 18.0. The third-order valence-electron chi connectivity index (χ3n) is 4.00. The average molecular weight is 347 g/mol. The van der Waals surface area contributed by atoms with Crippen LogP contribution in [0.15, 0.2) is 22.7 Å². The highest BCUT2D eigenvalue weighted by Crippen LogP contribution is 2.31. The maximum atomic E-state index is 11.9. The largest absolute Gasteiger partial charge is 0.493 e. The Morgan fingerprint density at radius 1 is 1.36 bits per heavy atom. The van der Waals surface area contributed by atoms with Crippen molar-refractivity contribution in [3.8, 4) is 22.9 Å². The lowest BCUT2D eigenvalue weighted by molar-refractivity contribution is -0.141. The first kappa shape index (κ1) is 16.7. The van der Waals surface area contributed by atoms with Crippen molar-refractivity contribution in [2.75, 3.05) is 20.8 Å². The summed E-state index contributed by atoms with van der Waals surface area (Å²) in [7, 11) is 3.07. The van der Waals surface area contributed by atoms with E-state index in [4.69, 9.17) is 19.1 Å². The molecule has 2 heterocycles. The molecule has 9 nitrogen and oxygen atoms in total. The van der Waals surface area contributed by atoms with E-state index in [0.717, 1.165) is 0 Å². The van der Waals surface area contributed by atoms with Crippen molar-refractivity contribution >= 4 is 11.9 Å². The van der Waals surface area contributed by atoms with Crippen LogP contribution in [-0.4, -0.2) is 52.8 Å². The molecule has 1 fully saturated rings. The predicted octanol–water partition coefficient (Wildman–Crippen LogP) is 1.19. The van der Waals surface area contributed by atoms with Crippen LogP contribution in [0, 0.1) is 5.92 Å². The molecule has 1 aliphatic heterocycles. The number of amides is 1. The van der Waals surface area contributed by atoms with Crippen molar-refractivity contribution in [1.82, 2.24) is 15.0 Å². The second-order valence-corrected chi connectivity index (χ2v) is 5.60. The maximum Gasteiger partial charge on any atom is 0.308 e. The Morgan fingerprint density at radius 2 is 2.12 bits per heavy atom. The van der Waals surface area contributed by atoms with Gasteiger partial charge in [0.1, 0.15) is 6.54 Å². The number of carboxylic acids is 1. The van der Waals surface area contributed by atoms with E-state index in [1.165, 1.54) is 12.0 Å². The van der Waals surface area contributed by atoms with Gasteiger partial charge in [-0.15, -0.1) is 0 Å². The number of nitrogens with zero attached hydrogens (tertiary/aromatic N) is 3. The summed E-state index contributed by atoms with van der Waals surface area (Å²) in [6, 6.07) is 5.21. The monoisotopic (exact) mass is 347 g/mol. The van der Waals surface area contributed by atoms with E-state index >= 15 is 0 Å². The minimum absolute atomic E-state index is 0.00793. The lowest BCUT2D eigenvalue weighted by Gasteiger charge is -2.12. The van der Waals surface area contributed by atoms with E-state index in [2.05, 4.69) is 10.1 Å². The first-order valence-electron chi connectivity index (χ1n) is 7.57. The summed E-state index contributed by atoms with van der Waals surface area (Å²) in [5, 5.41) is 12.9. The quantitative estimate of drug-likeness (QED) is 0.828. The van der Waals surface area contributed by atoms with Gasteiger partial charge in [-0.2, -0.15) is 4.98 Å². The number of carbonyl (C=O) groups is 2. The maximum absolute atomic E-state index is 11.9. The zero-order valence-electron chi connectivity index (χ0n) is 13.8. The number of benzene rings is 1. The molecule has 1 aromatic heterocycles. The van der Waals surface area contributed by atoms with Crippen LogP contribution < -0.4 is 9.47 Å². The number of rotatable bonds is 6. The van der Waals surface area contributed by atoms with E-state index in [9.17, 15) is 9.59 Å². The number of aliphatic carboxylic acids is 1. The molecule has 25 heavy (non-hydrogen) atoms. The number of aromatic nitrogens is 2. The van der Waals surface area contributed by atoms with Gasteiger partial charge < -0.3 is 24.0 Å². The first-order chi connectivity index (χ1) is 12.0. The average Bonchev–Trinajstić information content (AvgIpc) is 3.22. The van der Waals surface area contributed by atoms with Gasteiger partial charge in [0.2, 0.25) is 17.6 Å². The SMILES string of the molecule is COc1ccc(-c2noc(CN3C[C@H](C(=O)O)CC3=O)n2)cc1OC. The summed E-state index contributed by atoms with van der Waals surface area (Å²) in [4.78, 5) is 28.5. The molecule has 1 aliphatic rings. The van der Waals surface area contributed by atoms with E-state index in [-0.39, 0.29) is 31.3 Å². The number of carbonyl (C=O) groups excluding carboxylic acids is 1. The third kappa shape index (κ3) is 3.39. The van der Waals surface area contributed by atoms with Crippen LogP contribution in [0.4, 0.5) is 0 Å². The highest BCUT2D eigenvalue weighted by atomic mass is 16.5. The zero-order valence-corrected chi connectivity index (χ0v) is 13.8. The summed E-state index contributed by atoms with van der Waals surface area (Å²) < 4.78 is 15.6. The summed E-state index contributed by atoms with van der Waals surface area (Å²) >= 11 is 0. The molecule has 0 unspecified atom stereocenters. The molecule has 2 aromatic rings. The standard InChI is InChI=1S/C16H17N3O6/c1-23-11-4-3-9(5-12(11)24-2)15-17-13(25-18-15)8-19-7-10(16(21)22)6-14(19)20/h3-5,10H,6-8H2,1-2H3,(H,21,22)/t10-/m1/s1. The van der Waals surface area contributed by atoms with Crippen molar-refractivity contribution < 1.29 is 28.7 Å². The smallest absolute Gasteiger partial charge is 0.308 e. The van der Waals surface area contributed by atoms with E-state index < -0.39 is 11.9 Å². The Hall–Kier alpha value is -3.10. The lowest BCUT2D eigenvalue weighted by atomic mass is 10.1. The number of hydrogen-bond donors (Lipinski definition) is 1. The second-order valence-electron chi connectivity index (χ2n) is 5.60. The fourth-order valence-corrected chi connectivity index (χ4v) is 2.67. The van der Waals surface area contributed by atoms with Gasteiger partial charge in [-0.05, 0) is 18.2 Å². The fourth-order valence-electron chi connectivity index (χ4n) is 2.67. The van der Waals surface area contributed by atoms with Gasteiger partial charge in [0, 0.05) is 18.5 Å². The highest BCUT2D eigenvalue weighted by Gasteiger charge is 2.35. The lowest BCUT2D eigenvalue weighted by Crippen LogP contribution is -2.25. The molecule has 3 rings (SSSR count). The molecule has 1 N–H and O–H groups in total. The Balaban J connectivity index is 1.75. The molecule has 0 spiro atoms. The van der Waals surface area contributed by atoms with Gasteiger partial charge in [0.25, 0.3) is 0 Å². The number of carboxylic acid groups (broad SMARTS) is 1. The van der Waals surface area contributed by atoms with Crippen LogP contribution >= 0.6 is 0 Å². The molecule has 1 atom stereocenters. The van der Waals surface area contributed by atoms with Crippen LogP contribution in [0.2, 0.25) is 0 Å². The second kappa shape index (κ2) is 6.80. The molecule has 1 aromatic carbocycles. The summed E-state index contributed by atoms with van der Waals surface area (Å²) in [6.45, 7) is 0.227. The number of likely N-dealkylation sites (tertiary alicyclic amines) is 1. The Kier molecular flexibility index (Phi) is 4.55. The van der Waals surface area contributed by atoms with E-state index in [1.54, 1.807) is 25.3 Å². The van der Waals surface area contributed by atoms with Crippen molar-refractivity contribution in [2.24, 2.45) is 5.92 Å².